The van der Waals surface area contributed by atoms with Gasteiger partial charge in [0.15, 0.2) is 0 Å². The molecule has 1 aromatic heterocycles. The molecule has 0 unspecified atom stereocenters. The molecule has 0 amide bonds. The van der Waals surface area contributed by atoms with Gasteiger partial charge < -0.3 is 9.52 Å². The standard InChI is InChI=1S/C13H14N2O3/c1-7-4-8(2)10(9(3)5-7)6-11-14-15-12(18-11)13(16)17/h4-5H,6H2,1-3H3,(H,16,17). The van der Waals surface area contributed by atoms with Gasteiger partial charge in [-0.25, -0.2) is 4.79 Å². The second-order valence-electron chi connectivity index (χ2n) is 4.36. The molecular weight excluding hydrogens is 232 g/mol. The van der Waals surface area contributed by atoms with E-state index >= 15 is 0 Å². The minimum atomic E-state index is -1.20. The summed E-state index contributed by atoms with van der Waals surface area (Å²) in [6.07, 6.45) is 0.457. The normalized spacial score (nSPS) is 10.6. The van der Waals surface area contributed by atoms with Gasteiger partial charge in [-0.3, -0.25) is 0 Å². The van der Waals surface area contributed by atoms with Crippen molar-refractivity contribution in [3.8, 4) is 0 Å². The maximum absolute atomic E-state index is 10.6. The Bertz CT molecular complexity index is 579. The van der Waals surface area contributed by atoms with Crippen molar-refractivity contribution in [3.05, 3.63) is 46.2 Å². The molecule has 0 spiro atoms. The Morgan fingerprint density at radius 1 is 1.22 bits per heavy atom. The van der Waals surface area contributed by atoms with Crippen LogP contribution in [0.15, 0.2) is 16.5 Å². The molecule has 0 aliphatic rings. The largest absolute Gasteiger partial charge is 0.474 e. The number of hydrogen-bond acceptors (Lipinski definition) is 4. The molecule has 1 heterocycles. The van der Waals surface area contributed by atoms with Crippen LogP contribution in [0.4, 0.5) is 0 Å². The fourth-order valence-electron chi connectivity index (χ4n) is 2.05. The molecule has 0 aliphatic carbocycles. The molecule has 5 nitrogen and oxygen atoms in total. The summed E-state index contributed by atoms with van der Waals surface area (Å²) in [7, 11) is 0. The predicted octanol–water partition coefficient (Wildman–Crippen LogP) is 2.28. The van der Waals surface area contributed by atoms with Gasteiger partial charge in [-0.1, -0.05) is 17.7 Å². The Kier molecular flexibility index (Phi) is 3.14. The van der Waals surface area contributed by atoms with Crippen LogP contribution >= 0.6 is 0 Å². The maximum Gasteiger partial charge on any atom is 0.393 e. The van der Waals surface area contributed by atoms with Crippen LogP contribution in [0, 0.1) is 20.8 Å². The number of carboxylic acid groups (broad SMARTS) is 1. The molecule has 2 aromatic rings. The Labute approximate surface area is 104 Å². The van der Waals surface area contributed by atoms with E-state index in [2.05, 4.69) is 22.3 Å². The maximum atomic E-state index is 10.6. The molecule has 2 rings (SSSR count). The molecule has 0 aliphatic heterocycles. The second-order valence-corrected chi connectivity index (χ2v) is 4.36. The van der Waals surface area contributed by atoms with Crippen molar-refractivity contribution < 1.29 is 14.3 Å². The quantitative estimate of drug-likeness (QED) is 0.899. The summed E-state index contributed by atoms with van der Waals surface area (Å²) in [6, 6.07) is 4.16. The zero-order valence-electron chi connectivity index (χ0n) is 10.5. The predicted molar refractivity (Wildman–Crippen MR) is 64.7 cm³/mol. The van der Waals surface area contributed by atoms with Crippen molar-refractivity contribution in [2.75, 3.05) is 0 Å². The SMILES string of the molecule is Cc1cc(C)c(Cc2nnc(C(=O)O)o2)c(C)c1. The number of aromatic carboxylic acids is 1. The molecule has 0 bridgehead atoms. The summed E-state index contributed by atoms with van der Waals surface area (Å²) in [6.45, 7) is 6.08. The lowest BCUT2D eigenvalue weighted by Crippen LogP contribution is -1.97. The highest BCUT2D eigenvalue weighted by Gasteiger charge is 2.14. The highest BCUT2D eigenvalue weighted by Crippen LogP contribution is 2.19. The molecule has 5 heteroatoms. The average molecular weight is 246 g/mol. The third-order valence-electron chi connectivity index (χ3n) is 2.82. The molecule has 0 fully saturated rings. The van der Waals surface area contributed by atoms with E-state index in [-0.39, 0.29) is 5.89 Å². The van der Waals surface area contributed by atoms with Crippen LogP contribution in [0.3, 0.4) is 0 Å². The average Bonchev–Trinajstić information content (AvgIpc) is 2.71. The van der Waals surface area contributed by atoms with E-state index in [4.69, 9.17) is 9.52 Å². The van der Waals surface area contributed by atoms with Gasteiger partial charge in [-0.2, -0.15) is 0 Å². The van der Waals surface area contributed by atoms with Gasteiger partial charge in [-0.05, 0) is 37.5 Å². The summed E-state index contributed by atoms with van der Waals surface area (Å²) >= 11 is 0. The molecule has 1 N–H and O–H groups in total. The lowest BCUT2D eigenvalue weighted by molar-refractivity contribution is 0.0651. The molecule has 0 atom stereocenters. The second kappa shape index (κ2) is 4.60. The molecule has 94 valence electrons. The van der Waals surface area contributed by atoms with Crippen LogP contribution in [-0.2, 0) is 6.42 Å². The minimum Gasteiger partial charge on any atom is -0.474 e. The zero-order chi connectivity index (χ0) is 13.3. The first-order chi connectivity index (χ1) is 8.47. The monoisotopic (exact) mass is 246 g/mol. The molecular formula is C13H14N2O3. The van der Waals surface area contributed by atoms with Crippen molar-refractivity contribution in [2.45, 2.75) is 27.2 Å². The van der Waals surface area contributed by atoms with E-state index in [0.29, 0.717) is 12.3 Å². The van der Waals surface area contributed by atoms with E-state index in [1.165, 1.54) is 5.56 Å². The highest BCUT2D eigenvalue weighted by molar-refractivity contribution is 5.81. The zero-order valence-corrected chi connectivity index (χ0v) is 10.5. The fraction of sp³-hybridized carbons (Fsp3) is 0.308. The van der Waals surface area contributed by atoms with Gasteiger partial charge in [0.05, 0.1) is 6.42 Å². The van der Waals surface area contributed by atoms with Crippen LogP contribution in [-0.4, -0.2) is 21.3 Å². The smallest absolute Gasteiger partial charge is 0.393 e. The number of aromatic nitrogens is 2. The van der Waals surface area contributed by atoms with E-state index in [9.17, 15) is 4.79 Å². The number of rotatable bonds is 3. The lowest BCUT2D eigenvalue weighted by atomic mass is 9.97. The molecule has 18 heavy (non-hydrogen) atoms. The van der Waals surface area contributed by atoms with Crippen LogP contribution in [0.5, 0.6) is 0 Å². The minimum absolute atomic E-state index is 0.322. The van der Waals surface area contributed by atoms with E-state index in [0.717, 1.165) is 16.7 Å². The van der Waals surface area contributed by atoms with Crippen LogP contribution in [0.1, 0.15) is 38.8 Å². The van der Waals surface area contributed by atoms with Crippen LogP contribution < -0.4 is 0 Å². The van der Waals surface area contributed by atoms with Crippen molar-refractivity contribution in [1.82, 2.24) is 10.2 Å². The Balaban J connectivity index is 2.31. The molecule has 0 radical (unpaired) electrons. The summed E-state index contributed by atoms with van der Waals surface area (Å²) in [5.74, 6) is -1.25. The van der Waals surface area contributed by atoms with Crippen LogP contribution in [0.2, 0.25) is 0 Å². The number of aryl methyl sites for hydroxylation is 3. The van der Waals surface area contributed by atoms with Gasteiger partial charge in [0.1, 0.15) is 0 Å². The Hall–Kier alpha value is -2.17. The summed E-state index contributed by atoms with van der Waals surface area (Å²) in [5, 5.41) is 15.9. The number of carboxylic acids is 1. The molecule has 1 aromatic carbocycles. The lowest BCUT2D eigenvalue weighted by Gasteiger charge is -2.08. The summed E-state index contributed by atoms with van der Waals surface area (Å²) < 4.78 is 5.07. The van der Waals surface area contributed by atoms with Crippen LogP contribution in [0.25, 0.3) is 0 Å². The van der Waals surface area contributed by atoms with Gasteiger partial charge in [-0.15, -0.1) is 10.2 Å². The summed E-state index contributed by atoms with van der Waals surface area (Å²) in [5.41, 5.74) is 4.58. The molecule has 0 saturated heterocycles. The van der Waals surface area contributed by atoms with Gasteiger partial charge in [0.25, 0.3) is 0 Å². The third-order valence-corrected chi connectivity index (χ3v) is 2.82. The van der Waals surface area contributed by atoms with Gasteiger partial charge in [0, 0.05) is 0 Å². The number of hydrogen-bond donors (Lipinski definition) is 1. The van der Waals surface area contributed by atoms with E-state index < -0.39 is 5.97 Å². The van der Waals surface area contributed by atoms with Gasteiger partial charge in [0.2, 0.25) is 5.89 Å². The topological polar surface area (TPSA) is 76.2 Å². The first-order valence-electron chi connectivity index (χ1n) is 5.60. The first kappa shape index (κ1) is 12.3. The molecule has 0 saturated carbocycles. The van der Waals surface area contributed by atoms with Crippen molar-refractivity contribution in [3.63, 3.8) is 0 Å². The highest BCUT2D eigenvalue weighted by atomic mass is 16.4. The Morgan fingerprint density at radius 3 is 2.33 bits per heavy atom. The fourth-order valence-corrected chi connectivity index (χ4v) is 2.05. The van der Waals surface area contributed by atoms with Gasteiger partial charge >= 0.3 is 11.9 Å². The number of benzene rings is 1. The van der Waals surface area contributed by atoms with Crippen molar-refractivity contribution >= 4 is 5.97 Å². The first-order valence-corrected chi connectivity index (χ1v) is 5.60. The number of nitrogens with zero attached hydrogens (tertiary/aromatic N) is 2. The Morgan fingerprint density at radius 2 is 1.83 bits per heavy atom. The van der Waals surface area contributed by atoms with E-state index in [1.54, 1.807) is 0 Å². The van der Waals surface area contributed by atoms with E-state index in [1.807, 2.05) is 20.8 Å². The summed E-state index contributed by atoms with van der Waals surface area (Å²) in [4.78, 5) is 10.6. The number of carbonyl (C=O) groups is 1. The van der Waals surface area contributed by atoms with Crippen molar-refractivity contribution in [1.29, 1.82) is 0 Å². The van der Waals surface area contributed by atoms with Crippen molar-refractivity contribution in [2.24, 2.45) is 0 Å². The third kappa shape index (κ3) is 2.40.